The van der Waals surface area contributed by atoms with E-state index < -0.39 is 5.92 Å². The fourth-order valence-electron chi connectivity index (χ4n) is 1.39. The Labute approximate surface area is 84.2 Å². The molecule has 0 amide bonds. The number of rotatable bonds is 1. The third kappa shape index (κ3) is 1.46. The van der Waals surface area contributed by atoms with Crippen molar-refractivity contribution in [2.45, 2.75) is 12.8 Å². The predicted octanol–water partition coefficient (Wildman–Crippen LogP) is 3.60. The minimum Gasteiger partial charge on any atom is -0.399 e. The van der Waals surface area contributed by atoms with Crippen LogP contribution >= 0.6 is 11.3 Å². The van der Waals surface area contributed by atoms with Gasteiger partial charge in [-0.2, -0.15) is 0 Å². The monoisotopic (exact) mass is 213 g/mol. The molecule has 4 heteroatoms. The Morgan fingerprint density at radius 2 is 2.07 bits per heavy atom. The van der Waals surface area contributed by atoms with Gasteiger partial charge in [-0.3, -0.25) is 0 Å². The summed E-state index contributed by atoms with van der Waals surface area (Å²) < 4.78 is 27.1. The molecule has 0 spiro atoms. The molecule has 74 valence electrons. The number of nitrogen functional groups attached to an aromatic ring is 1. The Balaban J connectivity index is 2.73. The Kier molecular flexibility index (Phi) is 1.96. The van der Waals surface area contributed by atoms with Crippen LogP contribution in [0.4, 0.5) is 14.5 Å². The van der Waals surface area contributed by atoms with Crippen LogP contribution in [0.3, 0.4) is 0 Å². The van der Waals surface area contributed by atoms with Crippen molar-refractivity contribution in [1.82, 2.24) is 0 Å². The second-order valence-corrected chi connectivity index (χ2v) is 4.20. The maximum atomic E-state index is 13.1. The summed E-state index contributed by atoms with van der Waals surface area (Å²) in [6.45, 7) is 0.900. The van der Waals surface area contributed by atoms with E-state index in [1.165, 1.54) is 16.7 Å². The lowest BCUT2D eigenvalue weighted by Crippen LogP contribution is -2.05. The molecule has 1 heterocycles. The summed E-state index contributed by atoms with van der Waals surface area (Å²) in [5.74, 6) is -2.80. The highest BCUT2D eigenvalue weighted by atomic mass is 32.1. The summed E-state index contributed by atoms with van der Waals surface area (Å²) in [6, 6.07) is 5.08. The summed E-state index contributed by atoms with van der Waals surface area (Å²) in [5.41, 5.74) is 6.13. The summed E-state index contributed by atoms with van der Waals surface area (Å²) in [4.78, 5) is 0. The molecule has 0 unspecified atom stereocenters. The normalized spacial score (nSPS) is 12.2. The number of halogens is 2. The van der Waals surface area contributed by atoms with Crippen molar-refractivity contribution in [1.29, 1.82) is 0 Å². The molecular weight excluding hydrogens is 204 g/mol. The first-order chi connectivity index (χ1) is 6.48. The van der Waals surface area contributed by atoms with Gasteiger partial charge in [-0.25, -0.2) is 8.78 Å². The predicted molar refractivity (Wildman–Crippen MR) is 55.8 cm³/mol. The molecule has 0 saturated heterocycles. The topological polar surface area (TPSA) is 26.0 Å². The Bertz CT molecular complexity index is 470. The maximum absolute atomic E-state index is 13.1. The average Bonchev–Trinajstić information content (AvgIpc) is 2.45. The van der Waals surface area contributed by atoms with Crippen molar-refractivity contribution >= 4 is 27.1 Å². The summed E-state index contributed by atoms with van der Waals surface area (Å²) in [5, 5.41) is 2.05. The van der Waals surface area contributed by atoms with Crippen LogP contribution in [-0.2, 0) is 5.92 Å². The number of hydrogen-bond acceptors (Lipinski definition) is 2. The zero-order chi connectivity index (χ0) is 10.3. The number of fused-ring (bicyclic) bond motifs is 1. The van der Waals surface area contributed by atoms with Crippen molar-refractivity contribution < 1.29 is 8.78 Å². The highest BCUT2D eigenvalue weighted by Crippen LogP contribution is 2.37. The van der Waals surface area contributed by atoms with E-state index in [0.717, 1.165) is 11.6 Å². The summed E-state index contributed by atoms with van der Waals surface area (Å²) in [7, 11) is 0. The number of benzene rings is 1. The molecule has 2 rings (SSSR count). The molecule has 0 saturated carbocycles. The van der Waals surface area contributed by atoms with E-state index in [1.807, 2.05) is 0 Å². The molecule has 0 aliphatic heterocycles. The minimum absolute atomic E-state index is 0.0600. The third-order valence-corrected chi connectivity index (χ3v) is 3.03. The van der Waals surface area contributed by atoms with E-state index in [1.54, 1.807) is 18.2 Å². The lowest BCUT2D eigenvalue weighted by atomic mass is 10.1. The van der Waals surface area contributed by atoms with Crippen LogP contribution in [0.25, 0.3) is 10.1 Å². The molecule has 1 nitrogen and oxygen atoms in total. The zero-order valence-corrected chi connectivity index (χ0v) is 8.37. The molecule has 14 heavy (non-hydrogen) atoms. The SMILES string of the molecule is CC(F)(F)c1csc2ccc(N)cc12. The van der Waals surface area contributed by atoms with Crippen molar-refractivity contribution in [3.8, 4) is 0 Å². The van der Waals surface area contributed by atoms with Crippen LogP contribution < -0.4 is 5.73 Å². The molecular formula is C10H9F2NS. The van der Waals surface area contributed by atoms with Crippen LogP contribution in [0.1, 0.15) is 12.5 Å². The van der Waals surface area contributed by atoms with Gasteiger partial charge >= 0.3 is 0 Å². The van der Waals surface area contributed by atoms with Crippen LogP contribution in [-0.4, -0.2) is 0 Å². The lowest BCUT2D eigenvalue weighted by molar-refractivity contribution is 0.0195. The average molecular weight is 213 g/mol. The van der Waals surface area contributed by atoms with Gasteiger partial charge < -0.3 is 5.73 Å². The molecule has 0 atom stereocenters. The fraction of sp³-hybridized carbons (Fsp3) is 0.200. The number of nitrogens with two attached hydrogens (primary N) is 1. The van der Waals surface area contributed by atoms with Gasteiger partial charge in [-0.05, 0) is 18.2 Å². The molecule has 0 fully saturated rings. The van der Waals surface area contributed by atoms with Gasteiger partial charge in [0.2, 0.25) is 0 Å². The Morgan fingerprint density at radius 1 is 1.36 bits per heavy atom. The van der Waals surface area contributed by atoms with Gasteiger partial charge in [0.15, 0.2) is 0 Å². The fourth-order valence-corrected chi connectivity index (χ4v) is 2.41. The molecule has 0 aliphatic rings. The van der Waals surface area contributed by atoms with Crippen LogP contribution in [0.5, 0.6) is 0 Å². The second kappa shape index (κ2) is 2.92. The van der Waals surface area contributed by atoms with Gasteiger partial charge in [0.05, 0.1) is 0 Å². The summed E-state index contributed by atoms with van der Waals surface area (Å²) >= 11 is 1.31. The van der Waals surface area contributed by atoms with E-state index in [4.69, 9.17) is 5.73 Å². The van der Waals surface area contributed by atoms with Crippen molar-refractivity contribution in [2.75, 3.05) is 5.73 Å². The van der Waals surface area contributed by atoms with E-state index in [0.29, 0.717) is 11.1 Å². The van der Waals surface area contributed by atoms with Gasteiger partial charge in [-0.15, -0.1) is 11.3 Å². The first-order valence-electron chi connectivity index (χ1n) is 4.13. The van der Waals surface area contributed by atoms with Gasteiger partial charge in [0, 0.05) is 33.6 Å². The van der Waals surface area contributed by atoms with Crippen LogP contribution in [0, 0.1) is 0 Å². The molecule has 0 bridgehead atoms. The van der Waals surface area contributed by atoms with Crippen molar-refractivity contribution in [3.63, 3.8) is 0 Å². The number of hydrogen-bond donors (Lipinski definition) is 1. The largest absolute Gasteiger partial charge is 0.399 e. The first kappa shape index (κ1) is 9.40. The first-order valence-corrected chi connectivity index (χ1v) is 5.01. The Morgan fingerprint density at radius 3 is 2.71 bits per heavy atom. The van der Waals surface area contributed by atoms with Crippen LogP contribution in [0.2, 0.25) is 0 Å². The van der Waals surface area contributed by atoms with Gasteiger partial charge in [0.1, 0.15) is 0 Å². The summed E-state index contributed by atoms with van der Waals surface area (Å²) in [6.07, 6.45) is 0. The van der Waals surface area contributed by atoms with E-state index in [2.05, 4.69) is 0 Å². The molecule has 1 aromatic carbocycles. The van der Waals surface area contributed by atoms with Crippen molar-refractivity contribution in [2.24, 2.45) is 0 Å². The smallest absolute Gasteiger partial charge is 0.271 e. The van der Waals surface area contributed by atoms with Gasteiger partial charge in [0.25, 0.3) is 5.92 Å². The molecule has 2 N–H and O–H groups in total. The maximum Gasteiger partial charge on any atom is 0.271 e. The quantitative estimate of drug-likeness (QED) is 0.720. The standard InChI is InChI=1S/C10H9F2NS/c1-10(11,12)8-5-14-9-3-2-6(13)4-7(8)9/h2-5H,13H2,1H3. The zero-order valence-electron chi connectivity index (χ0n) is 7.55. The molecule has 2 aromatic rings. The van der Waals surface area contributed by atoms with Gasteiger partial charge in [-0.1, -0.05) is 0 Å². The molecule has 0 aliphatic carbocycles. The lowest BCUT2D eigenvalue weighted by Gasteiger charge is -2.08. The van der Waals surface area contributed by atoms with Crippen LogP contribution in [0.15, 0.2) is 23.6 Å². The highest BCUT2D eigenvalue weighted by molar-refractivity contribution is 7.17. The minimum atomic E-state index is -2.80. The van der Waals surface area contributed by atoms with E-state index >= 15 is 0 Å². The highest BCUT2D eigenvalue weighted by Gasteiger charge is 2.27. The molecule has 1 aromatic heterocycles. The Hall–Kier alpha value is -1.16. The van der Waals surface area contributed by atoms with Crippen molar-refractivity contribution in [3.05, 3.63) is 29.1 Å². The number of thiophene rings is 1. The number of alkyl halides is 2. The van der Waals surface area contributed by atoms with E-state index in [-0.39, 0.29) is 5.56 Å². The van der Waals surface area contributed by atoms with E-state index in [9.17, 15) is 8.78 Å². The third-order valence-electron chi connectivity index (χ3n) is 2.07. The number of anilines is 1. The second-order valence-electron chi connectivity index (χ2n) is 3.29. The molecule has 0 radical (unpaired) electrons.